The van der Waals surface area contributed by atoms with Gasteiger partial charge in [0.25, 0.3) is 0 Å². The van der Waals surface area contributed by atoms with Crippen molar-refractivity contribution in [1.29, 1.82) is 0 Å². The molecular formula is C32H48N4O2. The number of Topliss-reactive ketones (excluding diaryl/α,β-unsaturated/α-hetero) is 2. The van der Waals surface area contributed by atoms with Crippen LogP contribution in [-0.2, 0) is 24.1 Å². The van der Waals surface area contributed by atoms with Gasteiger partial charge in [0.2, 0.25) is 0 Å². The lowest BCUT2D eigenvalue weighted by atomic mass is 10.0. The van der Waals surface area contributed by atoms with E-state index < -0.39 is 0 Å². The number of aromatic amines is 1. The van der Waals surface area contributed by atoms with Gasteiger partial charge in [-0.25, -0.2) is 0 Å². The lowest BCUT2D eigenvalue weighted by Gasteiger charge is -2.30. The molecule has 1 aromatic heterocycles. The number of carbonyl (C=O) groups is 2. The average molecular weight is 521 g/mol. The molecule has 4 rings (SSSR count). The Kier molecular flexibility index (Phi) is 13.8. The summed E-state index contributed by atoms with van der Waals surface area (Å²) in [6.45, 7) is 16.4. The number of fused-ring (bicyclic) bond motifs is 1. The fourth-order valence-corrected chi connectivity index (χ4v) is 4.58. The molecule has 1 aliphatic heterocycles. The van der Waals surface area contributed by atoms with E-state index in [0.29, 0.717) is 5.78 Å². The van der Waals surface area contributed by atoms with Gasteiger partial charge in [-0.2, -0.15) is 5.10 Å². The van der Waals surface area contributed by atoms with Gasteiger partial charge >= 0.3 is 0 Å². The van der Waals surface area contributed by atoms with Crippen molar-refractivity contribution in [3.63, 3.8) is 0 Å². The fraction of sp³-hybridized carbons (Fsp3) is 0.531. The molecule has 0 spiro atoms. The van der Waals surface area contributed by atoms with Crippen LogP contribution in [0.3, 0.4) is 0 Å². The molecule has 2 heterocycles. The molecule has 0 aliphatic carbocycles. The number of aromatic nitrogens is 2. The van der Waals surface area contributed by atoms with E-state index in [1.165, 1.54) is 29.7 Å². The zero-order valence-electron chi connectivity index (χ0n) is 24.5. The molecule has 38 heavy (non-hydrogen) atoms. The molecule has 1 fully saturated rings. The number of rotatable bonds is 9. The van der Waals surface area contributed by atoms with Crippen molar-refractivity contribution >= 4 is 28.2 Å². The van der Waals surface area contributed by atoms with E-state index in [9.17, 15) is 9.59 Å². The maximum absolute atomic E-state index is 11.2. The summed E-state index contributed by atoms with van der Waals surface area (Å²) in [6.07, 6.45) is 7.43. The van der Waals surface area contributed by atoms with Gasteiger partial charge in [-0.3, -0.25) is 9.89 Å². The summed E-state index contributed by atoms with van der Waals surface area (Å²) in [5.74, 6) is 0.411. The summed E-state index contributed by atoms with van der Waals surface area (Å²) < 4.78 is 0. The summed E-state index contributed by atoms with van der Waals surface area (Å²) in [5, 5.41) is 11.6. The zero-order chi connectivity index (χ0) is 27.9. The molecule has 0 amide bonds. The topological polar surface area (TPSA) is 78.1 Å². The quantitative estimate of drug-likeness (QED) is 0.242. The number of hydrogen-bond acceptors (Lipinski definition) is 5. The minimum absolute atomic E-state index is 0.0927. The number of H-pyrrole nitrogens is 1. The number of nitrogens with one attached hydrogen (secondary N) is 2. The smallest absolute Gasteiger partial charge is 0.159 e. The van der Waals surface area contributed by atoms with Crippen molar-refractivity contribution in [3.05, 3.63) is 58.8 Å². The molecule has 6 heteroatoms. The molecule has 2 aromatic carbocycles. The van der Waals surface area contributed by atoms with E-state index in [2.05, 4.69) is 66.3 Å². The van der Waals surface area contributed by atoms with Gasteiger partial charge in [0.15, 0.2) is 5.78 Å². The molecule has 0 atom stereocenters. The molecule has 0 unspecified atom stereocenters. The van der Waals surface area contributed by atoms with Crippen LogP contribution in [0.5, 0.6) is 0 Å². The van der Waals surface area contributed by atoms with Crippen LogP contribution in [-0.4, -0.2) is 47.9 Å². The molecule has 1 saturated heterocycles. The van der Waals surface area contributed by atoms with E-state index >= 15 is 0 Å². The van der Waals surface area contributed by atoms with Gasteiger partial charge in [-0.1, -0.05) is 46.6 Å². The average Bonchev–Trinajstić information content (AvgIpc) is 3.36. The molecule has 6 nitrogen and oxygen atoms in total. The Labute approximate surface area is 229 Å². The highest BCUT2D eigenvalue weighted by molar-refractivity contribution is 5.98. The second kappa shape index (κ2) is 16.8. The lowest BCUT2D eigenvalue weighted by Crippen LogP contribution is -2.43. The first-order chi connectivity index (χ1) is 18.3. The van der Waals surface area contributed by atoms with Crippen molar-refractivity contribution in [1.82, 2.24) is 15.5 Å². The normalized spacial score (nSPS) is 12.8. The predicted molar refractivity (Wildman–Crippen MR) is 161 cm³/mol. The molecule has 208 valence electrons. The Hall–Kier alpha value is -2.99. The van der Waals surface area contributed by atoms with Gasteiger partial charge < -0.3 is 15.0 Å². The summed E-state index contributed by atoms with van der Waals surface area (Å²) in [5.41, 5.74) is 7.17. The molecule has 3 aromatic rings. The van der Waals surface area contributed by atoms with Crippen LogP contribution in [0.1, 0.15) is 94.4 Å². The lowest BCUT2D eigenvalue weighted by molar-refractivity contribution is -0.117. The Bertz CT molecular complexity index is 1150. The Morgan fingerprint density at radius 3 is 2.16 bits per heavy atom. The van der Waals surface area contributed by atoms with Crippen molar-refractivity contribution in [2.75, 3.05) is 31.1 Å². The summed E-state index contributed by atoms with van der Waals surface area (Å²) >= 11 is 0. The molecule has 1 aliphatic rings. The molecule has 0 saturated carbocycles. The second-order valence-electron chi connectivity index (χ2n) is 9.90. The SMILES string of the molecule is CCCCCC(C)=O.CCc1[nH]nc2ccc(C(C)=O)cc12.CCc1ccc(N2CCNCC2)cc1CC. The number of aryl methyl sites for hydroxylation is 3. The van der Waals surface area contributed by atoms with Gasteiger partial charge in [0.05, 0.1) is 5.52 Å². The van der Waals surface area contributed by atoms with Crippen molar-refractivity contribution < 1.29 is 9.59 Å². The third kappa shape index (κ3) is 9.71. The van der Waals surface area contributed by atoms with E-state index in [1.54, 1.807) is 13.8 Å². The zero-order valence-corrected chi connectivity index (χ0v) is 24.5. The number of hydrogen-bond donors (Lipinski definition) is 2. The van der Waals surface area contributed by atoms with E-state index in [1.807, 2.05) is 18.2 Å². The largest absolute Gasteiger partial charge is 0.369 e. The summed E-state index contributed by atoms with van der Waals surface area (Å²) in [7, 11) is 0. The standard InChI is InChI=1S/C14H22N2.C11H12N2O.C7H14O/c1-3-12-5-6-14(11-13(12)4-2)16-9-7-15-8-10-16;1-3-10-9-6-8(7(2)14)4-5-11(9)13-12-10;1-3-4-5-6-7(2)8/h5-6,11,15H,3-4,7-10H2,1-2H3;4-6H,3H2,1-2H3,(H,12,13);3-6H2,1-2H3. The first kappa shape index (κ1) is 31.2. The number of unbranched alkanes of at least 4 members (excludes halogenated alkanes) is 2. The number of anilines is 1. The Morgan fingerprint density at radius 1 is 0.868 bits per heavy atom. The number of benzene rings is 2. The van der Waals surface area contributed by atoms with Crippen LogP contribution in [0, 0.1) is 0 Å². The number of ketones is 2. The van der Waals surface area contributed by atoms with E-state index in [-0.39, 0.29) is 5.78 Å². The van der Waals surface area contributed by atoms with Gasteiger partial charge in [0.1, 0.15) is 5.78 Å². The predicted octanol–water partition coefficient (Wildman–Crippen LogP) is 6.70. The number of piperazine rings is 1. The highest BCUT2D eigenvalue weighted by Gasteiger charge is 2.11. The van der Waals surface area contributed by atoms with E-state index in [4.69, 9.17) is 0 Å². The maximum atomic E-state index is 11.2. The second-order valence-corrected chi connectivity index (χ2v) is 9.90. The molecule has 2 N–H and O–H groups in total. The monoisotopic (exact) mass is 520 g/mol. The first-order valence-electron chi connectivity index (χ1n) is 14.4. The third-order valence-corrected chi connectivity index (χ3v) is 6.96. The first-order valence-corrected chi connectivity index (χ1v) is 14.4. The summed E-state index contributed by atoms with van der Waals surface area (Å²) in [6, 6.07) is 12.6. The minimum atomic E-state index is 0.0927. The molecule has 0 radical (unpaired) electrons. The van der Waals surface area contributed by atoms with Crippen LogP contribution in [0.4, 0.5) is 5.69 Å². The molecule has 0 bridgehead atoms. The number of nitrogens with zero attached hydrogens (tertiary/aromatic N) is 2. The van der Waals surface area contributed by atoms with Crippen molar-refractivity contribution in [2.24, 2.45) is 0 Å². The minimum Gasteiger partial charge on any atom is -0.369 e. The molecular weight excluding hydrogens is 472 g/mol. The Morgan fingerprint density at radius 2 is 1.58 bits per heavy atom. The van der Waals surface area contributed by atoms with Gasteiger partial charge in [-0.15, -0.1) is 0 Å². The fourth-order valence-electron chi connectivity index (χ4n) is 4.58. The summed E-state index contributed by atoms with van der Waals surface area (Å²) in [4.78, 5) is 24.0. The highest BCUT2D eigenvalue weighted by atomic mass is 16.1. The van der Waals surface area contributed by atoms with Crippen LogP contribution >= 0.6 is 0 Å². The van der Waals surface area contributed by atoms with Crippen molar-refractivity contribution in [3.8, 4) is 0 Å². The Balaban J connectivity index is 0.000000212. The van der Waals surface area contributed by atoms with Crippen LogP contribution in [0.15, 0.2) is 36.4 Å². The van der Waals surface area contributed by atoms with Crippen LogP contribution in [0.2, 0.25) is 0 Å². The third-order valence-electron chi connectivity index (χ3n) is 6.96. The van der Waals surface area contributed by atoms with Gasteiger partial charge in [-0.05, 0) is 81.0 Å². The van der Waals surface area contributed by atoms with Gasteiger partial charge in [0, 0.05) is 54.9 Å². The number of carbonyl (C=O) groups excluding carboxylic acids is 2. The van der Waals surface area contributed by atoms with Crippen molar-refractivity contribution in [2.45, 2.75) is 86.5 Å². The van der Waals surface area contributed by atoms with Crippen LogP contribution < -0.4 is 10.2 Å². The maximum Gasteiger partial charge on any atom is 0.159 e. The van der Waals surface area contributed by atoms with Crippen LogP contribution in [0.25, 0.3) is 10.9 Å². The highest BCUT2D eigenvalue weighted by Crippen LogP contribution is 2.21. The van der Waals surface area contributed by atoms with E-state index in [0.717, 1.165) is 80.4 Å².